The van der Waals surface area contributed by atoms with Crippen LogP contribution in [0.1, 0.15) is 60.9 Å². The molecular formula is C19H26N2O5S. The Morgan fingerprint density at radius 2 is 1.78 bits per heavy atom. The summed E-state index contributed by atoms with van der Waals surface area (Å²) in [5, 5.41) is 12.3. The number of carboxylic acid groups (broad SMARTS) is 1. The van der Waals surface area contributed by atoms with Crippen LogP contribution < -0.4 is 10.0 Å². The van der Waals surface area contributed by atoms with E-state index in [1.807, 2.05) is 0 Å². The summed E-state index contributed by atoms with van der Waals surface area (Å²) >= 11 is 0. The molecule has 2 aliphatic carbocycles. The molecule has 3 rings (SSSR count). The van der Waals surface area contributed by atoms with Crippen LogP contribution in [0.5, 0.6) is 0 Å². The van der Waals surface area contributed by atoms with Gasteiger partial charge in [0.05, 0.1) is 10.8 Å². The molecule has 3 N–H and O–H groups in total. The second kappa shape index (κ2) is 7.98. The highest BCUT2D eigenvalue weighted by molar-refractivity contribution is 7.89. The maximum absolute atomic E-state index is 12.8. The SMILES string of the molecule is Cc1ccc(S(=O)(=O)NC2CC2)cc1C(=O)N[C@H]1CCCCC[C@H]1C(=O)O. The van der Waals surface area contributed by atoms with Crippen molar-refractivity contribution in [1.29, 1.82) is 0 Å². The number of nitrogens with one attached hydrogen (secondary N) is 2. The topological polar surface area (TPSA) is 113 Å². The molecule has 7 nitrogen and oxygen atoms in total. The van der Waals surface area contributed by atoms with Gasteiger partial charge in [-0.3, -0.25) is 9.59 Å². The number of hydrogen-bond acceptors (Lipinski definition) is 4. The van der Waals surface area contributed by atoms with Gasteiger partial charge in [-0.2, -0.15) is 0 Å². The highest BCUT2D eigenvalue weighted by atomic mass is 32.2. The Kier molecular flexibility index (Phi) is 5.86. The van der Waals surface area contributed by atoms with Crippen LogP contribution >= 0.6 is 0 Å². The van der Waals surface area contributed by atoms with Crippen LogP contribution in [0.15, 0.2) is 23.1 Å². The van der Waals surface area contributed by atoms with E-state index >= 15 is 0 Å². The van der Waals surface area contributed by atoms with Crippen molar-refractivity contribution in [3.8, 4) is 0 Å². The fourth-order valence-corrected chi connectivity index (χ4v) is 4.85. The Balaban J connectivity index is 1.81. The van der Waals surface area contributed by atoms with Crippen LogP contribution in [0.25, 0.3) is 0 Å². The van der Waals surface area contributed by atoms with E-state index in [1.54, 1.807) is 13.0 Å². The zero-order valence-corrected chi connectivity index (χ0v) is 16.2. The minimum absolute atomic E-state index is 0.0177. The Bertz CT molecular complexity index is 833. The van der Waals surface area contributed by atoms with Gasteiger partial charge in [-0.1, -0.05) is 25.3 Å². The number of amides is 1. The van der Waals surface area contributed by atoms with Gasteiger partial charge in [-0.25, -0.2) is 13.1 Å². The quantitative estimate of drug-likeness (QED) is 0.640. The van der Waals surface area contributed by atoms with Gasteiger partial charge in [0.1, 0.15) is 0 Å². The van der Waals surface area contributed by atoms with E-state index in [-0.39, 0.29) is 16.5 Å². The van der Waals surface area contributed by atoms with Gasteiger partial charge < -0.3 is 10.4 Å². The van der Waals surface area contributed by atoms with Crippen LogP contribution in [-0.4, -0.2) is 37.5 Å². The fraction of sp³-hybridized carbons (Fsp3) is 0.579. The number of hydrogen-bond donors (Lipinski definition) is 3. The number of aryl methyl sites for hydroxylation is 1. The predicted molar refractivity (Wildman–Crippen MR) is 100.0 cm³/mol. The summed E-state index contributed by atoms with van der Waals surface area (Å²) in [6.07, 6.45) is 5.47. The highest BCUT2D eigenvalue weighted by Gasteiger charge is 2.32. The van der Waals surface area contributed by atoms with Crippen molar-refractivity contribution in [2.45, 2.75) is 68.8 Å². The molecule has 27 heavy (non-hydrogen) atoms. The molecule has 2 fully saturated rings. The third kappa shape index (κ3) is 4.87. The Hall–Kier alpha value is -1.93. The van der Waals surface area contributed by atoms with E-state index in [1.165, 1.54) is 12.1 Å². The van der Waals surface area contributed by atoms with Gasteiger partial charge in [0.15, 0.2) is 0 Å². The lowest BCUT2D eigenvalue weighted by atomic mass is 9.94. The number of rotatable bonds is 6. The molecule has 0 heterocycles. The van der Waals surface area contributed by atoms with Crippen molar-refractivity contribution in [2.75, 3.05) is 0 Å². The van der Waals surface area contributed by atoms with Gasteiger partial charge in [0, 0.05) is 17.6 Å². The highest BCUT2D eigenvalue weighted by Crippen LogP contribution is 2.26. The maximum Gasteiger partial charge on any atom is 0.308 e. The lowest BCUT2D eigenvalue weighted by Gasteiger charge is -2.23. The van der Waals surface area contributed by atoms with E-state index in [4.69, 9.17) is 0 Å². The molecule has 0 bridgehead atoms. The molecule has 2 atom stereocenters. The standard InChI is InChI=1S/C19H26N2O5S/c1-12-7-10-14(27(25,26)21-13-8-9-13)11-16(12)18(22)20-17-6-4-2-3-5-15(17)19(23)24/h7,10-11,13,15,17,21H,2-6,8-9H2,1H3,(H,20,22)(H,23,24)/t15-,17+/m1/s1. The smallest absolute Gasteiger partial charge is 0.308 e. The minimum Gasteiger partial charge on any atom is -0.481 e. The summed E-state index contributed by atoms with van der Waals surface area (Å²) in [4.78, 5) is 24.4. The molecule has 0 unspecified atom stereocenters. The molecular weight excluding hydrogens is 368 g/mol. The maximum atomic E-state index is 12.8. The molecule has 1 aromatic rings. The molecule has 2 saturated carbocycles. The average molecular weight is 394 g/mol. The van der Waals surface area contributed by atoms with Crippen molar-refractivity contribution in [1.82, 2.24) is 10.0 Å². The summed E-state index contributed by atoms with van der Waals surface area (Å²) in [6.45, 7) is 1.74. The molecule has 8 heteroatoms. The Morgan fingerprint density at radius 1 is 1.07 bits per heavy atom. The van der Waals surface area contributed by atoms with Crippen LogP contribution in [0.4, 0.5) is 0 Å². The summed E-state index contributed by atoms with van der Waals surface area (Å²) in [5.41, 5.74) is 0.917. The first-order valence-electron chi connectivity index (χ1n) is 9.44. The zero-order chi connectivity index (χ0) is 19.6. The molecule has 0 spiro atoms. The van der Waals surface area contributed by atoms with Crippen molar-refractivity contribution in [3.63, 3.8) is 0 Å². The number of carbonyl (C=O) groups excluding carboxylic acids is 1. The van der Waals surface area contributed by atoms with E-state index < -0.39 is 33.9 Å². The first-order chi connectivity index (χ1) is 12.8. The number of sulfonamides is 1. The van der Waals surface area contributed by atoms with Gasteiger partial charge >= 0.3 is 5.97 Å². The molecule has 0 radical (unpaired) electrons. The molecule has 0 aromatic heterocycles. The molecule has 0 aliphatic heterocycles. The second-order valence-corrected chi connectivity index (χ2v) is 9.25. The number of benzene rings is 1. The first kappa shape index (κ1) is 19.8. The van der Waals surface area contributed by atoms with E-state index in [0.717, 1.165) is 32.1 Å². The number of carbonyl (C=O) groups is 2. The molecule has 2 aliphatic rings. The van der Waals surface area contributed by atoms with Crippen LogP contribution in [0.3, 0.4) is 0 Å². The van der Waals surface area contributed by atoms with Gasteiger partial charge in [-0.05, 0) is 50.3 Å². The van der Waals surface area contributed by atoms with Crippen molar-refractivity contribution in [2.24, 2.45) is 5.92 Å². The van der Waals surface area contributed by atoms with Gasteiger partial charge in [0.2, 0.25) is 10.0 Å². The van der Waals surface area contributed by atoms with Gasteiger partial charge in [-0.15, -0.1) is 0 Å². The van der Waals surface area contributed by atoms with Crippen LogP contribution in [-0.2, 0) is 14.8 Å². The van der Waals surface area contributed by atoms with Crippen LogP contribution in [0, 0.1) is 12.8 Å². The fourth-order valence-electron chi connectivity index (χ4n) is 3.52. The molecule has 0 saturated heterocycles. The first-order valence-corrected chi connectivity index (χ1v) is 10.9. The molecule has 148 valence electrons. The monoisotopic (exact) mass is 394 g/mol. The summed E-state index contributed by atoms with van der Waals surface area (Å²) in [6, 6.07) is 4.01. The summed E-state index contributed by atoms with van der Waals surface area (Å²) < 4.78 is 27.5. The van der Waals surface area contributed by atoms with E-state index in [9.17, 15) is 23.1 Å². The summed E-state index contributed by atoms with van der Waals surface area (Å²) in [7, 11) is -3.66. The zero-order valence-electron chi connectivity index (χ0n) is 15.4. The normalized spacial score (nSPS) is 23.4. The predicted octanol–water partition coefficient (Wildman–Crippen LogP) is 2.20. The third-order valence-corrected chi connectivity index (χ3v) is 6.83. The van der Waals surface area contributed by atoms with Crippen molar-refractivity contribution in [3.05, 3.63) is 29.3 Å². The van der Waals surface area contributed by atoms with Crippen molar-refractivity contribution >= 4 is 21.9 Å². The minimum atomic E-state index is -3.66. The Morgan fingerprint density at radius 3 is 2.44 bits per heavy atom. The van der Waals surface area contributed by atoms with Crippen LogP contribution in [0.2, 0.25) is 0 Å². The lowest BCUT2D eigenvalue weighted by molar-refractivity contribution is -0.142. The number of aliphatic carboxylic acids is 1. The average Bonchev–Trinajstić information content (AvgIpc) is 3.41. The second-order valence-electron chi connectivity index (χ2n) is 7.53. The third-order valence-electron chi connectivity index (χ3n) is 5.31. The summed E-state index contributed by atoms with van der Waals surface area (Å²) in [5.74, 6) is -1.93. The molecule has 1 amide bonds. The van der Waals surface area contributed by atoms with E-state index in [2.05, 4.69) is 10.0 Å². The lowest BCUT2D eigenvalue weighted by Crippen LogP contribution is -2.43. The van der Waals surface area contributed by atoms with E-state index in [0.29, 0.717) is 18.4 Å². The van der Waals surface area contributed by atoms with Gasteiger partial charge in [0.25, 0.3) is 5.91 Å². The number of carboxylic acids is 1. The van der Waals surface area contributed by atoms with Crippen molar-refractivity contribution < 1.29 is 23.1 Å². The largest absolute Gasteiger partial charge is 0.481 e. The Labute approximate surface area is 159 Å². The molecule has 1 aromatic carbocycles.